The van der Waals surface area contributed by atoms with Gasteiger partial charge in [0.1, 0.15) is 11.4 Å². The number of ether oxygens (including phenoxy) is 1. The van der Waals surface area contributed by atoms with Crippen molar-refractivity contribution in [3.8, 4) is 35.0 Å². The van der Waals surface area contributed by atoms with Crippen molar-refractivity contribution in [1.82, 2.24) is 14.5 Å². The Labute approximate surface area is 242 Å². The molecule has 42 heavy (non-hydrogen) atoms. The standard InChI is InChI=1S/C32H30FN3O5S/c1-3-5-13-40-29-17-26-28(16-25(29)21-15-23(19-34-18-21)41-42(33,38)39)36(22-9-7-6-8-10-22)32-30(31(26)37)24-12-11-20(4-2)14-27(24)35-32/h2,11-12,14-19,22,35H,3,5-10,13H2,1H3. The van der Waals surface area contributed by atoms with E-state index in [4.69, 9.17) is 11.2 Å². The van der Waals surface area contributed by atoms with E-state index in [9.17, 15) is 17.1 Å². The highest BCUT2D eigenvalue weighted by Crippen LogP contribution is 2.40. The van der Waals surface area contributed by atoms with Crippen molar-refractivity contribution in [3.05, 3.63) is 64.6 Å². The summed E-state index contributed by atoms with van der Waals surface area (Å²) in [5.74, 6) is 2.84. The Kier molecular flexibility index (Phi) is 7.37. The minimum Gasteiger partial charge on any atom is -0.493 e. The van der Waals surface area contributed by atoms with Gasteiger partial charge in [-0.1, -0.05) is 48.5 Å². The number of halogens is 1. The summed E-state index contributed by atoms with van der Waals surface area (Å²) in [7, 11) is -5.24. The minimum atomic E-state index is -5.24. The molecular formula is C32H30FN3O5S. The maximum atomic E-state index is 14.2. The van der Waals surface area contributed by atoms with E-state index in [1.54, 1.807) is 6.07 Å². The number of fused-ring (bicyclic) bond motifs is 4. The summed E-state index contributed by atoms with van der Waals surface area (Å²) in [5.41, 5.74) is 3.87. The van der Waals surface area contributed by atoms with Crippen molar-refractivity contribution in [2.24, 2.45) is 0 Å². The normalized spacial score (nSPS) is 14.4. The van der Waals surface area contributed by atoms with E-state index in [0.717, 1.165) is 67.7 Å². The first-order chi connectivity index (χ1) is 20.3. The summed E-state index contributed by atoms with van der Waals surface area (Å²) in [6.07, 6.45) is 15.2. The van der Waals surface area contributed by atoms with E-state index >= 15 is 0 Å². The molecule has 1 fully saturated rings. The molecule has 216 valence electrons. The zero-order valence-electron chi connectivity index (χ0n) is 23.2. The van der Waals surface area contributed by atoms with Crippen molar-refractivity contribution in [3.63, 3.8) is 0 Å². The number of terminal acetylenes is 1. The molecular weight excluding hydrogens is 557 g/mol. The molecule has 3 aromatic heterocycles. The number of hydrogen-bond donors (Lipinski definition) is 1. The molecule has 8 nitrogen and oxygen atoms in total. The predicted molar refractivity (Wildman–Crippen MR) is 162 cm³/mol. The Bertz CT molecular complexity index is 2040. The van der Waals surface area contributed by atoms with E-state index in [-0.39, 0.29) is 17.2 Å². The molecule has 1 aliphatic rings. The Morgan fingerprint density at radius 3 is 2.67 bits per heavy atom. The lowest BCUT2D eigenvalue weighted by Crippen LogP contribution is -2.18. The zero-order valence-corrected chi connectivity index (χ0v) is 24.0. The maximum Gasteiger partial charge on any atom is 0.488 e. The third-order valence-electron chi connectivity index (χ3n) is 7.93. The fourth-order valence-corrected chi connectivity index (χ4v) is 6.33. The minimum absolute atomic E-state index is 0.127. The fraction of sp³-hybridized carbons (Fsp3) is 0.312. The Morgan fingerprint density at radius 2 is 1.93 bits per heavy atom. The highest BCUT2D eigenvalue weighted by Gasteiger charge is 2.25. The first-order valence-corrected chi connectivity index (χ1v) is 15.4. The van der Waals surface area contributed by atoms with Gasteiger partial charge in [-0.05, 0) is 49.6 Å². The average Bonchev–Trinajstić information content (AvgIpc) is 3.35. The molecule has 6 rings (SSSR count). The van der Waals surface area contributed by atoms with E-state index in [1.165, 1.54) is 12.3 Å². The summed E-state index contributed by atoms with van der Waals surface area (Å²) in [5, 5.41) is 1.92. The van der Waals surface area contributed by atoms with Crippen LogP contribution in [0.2, 0.25) is 0 Å². The molecule has 0 bridgehead atoms. The summed E-state index contributed by atoms with van der Waals surface area (Å²) in [6, 6.07) is 10.8. The topological polar surface area (TPSA) is 103 Å². The molecule has 3 heterocycles. The summed E-state index contributed by atoms with van der Waals surface area (Å²) in [4.78, 5) is 21.8. The number of unbranched alkanes of at least 4 members (excludes halogenated alkanes) is 1. The number of aromatic amines is 1. The Morgan fingerprint density at radius 1 is 1.12 bits per heavy atom. The Hall–Kier alpha value is -4.36. The molecule has 5 aromatic rings. The van der Waals surface area contributed by atoms with Gasteiger partial charge < -0.3 is 18.5 Å². The molecule has 0 saturated heterocycles. The smallest absolute Gasteiger partial charge is 0.488 e. The number of hydrogen-bond acceptors (Lipinski definition) is 6. The predicted octanol–water partition coefficient (Wildman–Crippen LogP) is 6.96. The van der Waals surface area contributed by atoms with Crippen LogP contribution in [0.15, 0.2) is 53.6 Å². The highest BCUT2D eigenvalue weighted by molar-refractivity contribution is 7.81. The van der Waals surface area contributed by atoms with E-state index in [1.807, 2.05) is 24.3 Å². The first kappa shape index (κ1) is 27.8. The van der Waals surface area contributed by atoms with Crippen LogP contribution in [-0.4, -0.2) is 29.6 Å². The van der Waals surface area contributed by atoms with Gasteiger partial charge >= 0.3 is 10.5 Å². The van der Waals surface area contributed by atoms with Gasteiger partial charge in [-0.15, -0.1) is 6.42 Å². The Balaban J connectivity index is 1.68. The lowest BCUT2D eigenvalue weighted by Gasteiger charge is -2.27. The molecule has 2 aromatic carbocycles. The third-order valence-corrected chi connectivity index (χ3v) is 8.32. The second-order valence-electron chi connectivity index (χ2n) is 10.7. The number of nitrogens with zero attached hydrogens (tertiary/aromatic N) is 2. The van der Waals surface area contributed by atoms with Crippen LogP contribution in [0.4, 0.5) is 3.89 Å². The second-order valence-corrected chi connectivity index (χ2v) is 11.7. The van der Waals surface area contributed by atoms with Crippen molar-refractivity contribution in [2.45, 2.75) is 57.9 Å². The monoisotopic (exact) mass is 587 g/mol. The lowest BCUT2D eigenvalue weighted by atomic mass is 9.94. The fourth-order valence-electron chi connectivity index (χ4n) is 6.00. The van der Waals surface area contributed by atoms with Gasteiger partial charge in [-0.25, -0.2) is 0 Å². The molecule has 0 aliphatic heterocycles. The van der Waals surface area contributed by atoms with Crippen LogP contribution >= 0.6 is 0 Å². The van der Waals surface area contributed by atoms with Gasteiger partial charge in [0, 0.05) is 39.8 Å². The van der Waals surface area contributed by atoms with Crippen LogP contribution in [0.3, 0.4) is 0 Å². The van der Waals surface area contributed by atoms with Gasteiger partial charge in [-0.2, -0.15) is 8.42 Å². The first-order valence-electron chi connectivity index (χ1n) is 14.1. The van der Waals surface area contributed by atoms with Gasteiger partial charge in [0.15, 0.2) is 11.2 Å². The third kappa shape index (κ3) is 5.21. The van der Waals surface area contributed by atoms with E-state index in [0.29, 0.717) is 45.3 Å². The molecule has 1 aliphatic carbocycles. The number of H-pyrrole nitrogens is 1. The largest absolute Gasteiger partial charge is 0.493 e. The van der Waals surface area contributed by atoms with E-state index < -0.39 is 10.5 Å². The van der Waals surface area contributed by atoms with Gasteiger partial charge in [0.2, 0.25) is 0 Å². The summed E-state index contributed by atoms with van der Waals surface area (Å²) in [6.45, 7) is 2.47. The summed E-state index contributed by atoms with van der Waals surface area (Å²) < 4.78 is 48.5. The number of benzene rings is 2. The van der Waals surface area contributed by atoms with Crippen LogP contribution < -0.4 is 14.3 Å². The van der Waals surface area contributed by atoms with Crippen molar-refractivity contribution in [2.75, 3.05) is 6.61 Å². The molecule has 10 heteroatoms. The zero-order chi connectivity index (χ0) is 29.4. The van der Waals surface area contributed by atoms with Crippen LogP contribution in [0.5, 0.6) is 11.5 Å². The van der Waals surface area contributed by atoms with Crippen molar-refractivity contribution < 1.29 is 21.2 Å². The van der Waals surface area contributed by atoms with Gasteiger partial charge in [-0.3, -0.25) is 9.78 Å². The number of nitrogens with one attached hydrogen (secondary N) is 1. The van der Waals surface area contributed by atoms with E-state index in [2.05, 4.69) is 31.6 Å². The number of pyridine rings is 2. The molecule has 0 radical (unpaired) electrons. The molecule has 0 amide bonds. The number of aromatic nitrogens is 3. The van der Waals surface area contributed by atoms with Crippen LogP contribution in [-0.2, 0) is 10.5 Å². The SMILES string of the molecule is C#Cc1ccc2c(c1)[nH]c1c2c(=O)c2cc(OCCCC)c(-c3cncc(OS(=O)(=O)F)c3)cc2n1C1CCCCC1. The number of rotatable bonds is 8. The van der Waals surface area contributed by atoms with Gasteiger partial charge in [0.25, 0.3) is 0 Å². The van der Waals surface area contributed by atoms with Crippen LogP contribution in [0.1, 0.15) is 63.5 Å². The highest BCUT2D eigenvalue weighted by atomic mass is 32.3. The van der Waals surface area contributed by atoms with Crippen molar-refractivity contribution in [1.29, 1.82) is 0 Å². The maximum absolute atomic E-state index is 14.2. The quantitative estimate of drug-likeness (QED) is 0.120. The average molecular weight is 588 g/mol. The molecule has 1 N–H and O–H groups in total. The van der Waals surface area contributed by atoms with Gasteiger partial charge in [0.05, 0.1) is 29.1 Å². The van der Waals surface area contributed by atoms with Crippen LogP contribution in [0.25, 0.3) is 44.0 Å². The lowest BCUT2D eigenvalue weighted by molar-refractivity contribution is 0.311. The molecule has 0 spiro atoms. The second kappa shape index (κ2) is 11.1. The molecule has 0 unspecified atom stereocenters. The van der Waals surface area contributed by atoms with Crippen molar-refractivity contribution >= 4 is 43.3 Å². The van der Waals surface area contributed by atoms with Crippen LogP contribution in [0, 0.1) is 12.3 Å². The molecule has 0 atom stereocenters. The summed E-state index contributed by atoms with van der Waals surface area (Å²) >= 11 is 0. The molecule has 1 saturated carbocycles.